The van der Waals surface area contributed by atoms with Crippen molar-refractivity contribution in [2.45, 2.75) is 75.8 Å². The Morgan fingerprint density at radius 2 is 1.06 bits per heavy atom. The van der Waals surface area contributed by atoms with E-state index in [-0.39, 0.29) is 23.4 Å². The molecule has 0 N–H and O–H groups in total. The van der Waals surface area contributed by atoms with Crippen LogP contribution < -0.4 is 4.90 Å². The van der Waals surface area contributed by atoms with Crippen LogP contribution in [-0.2, 0) is 5.41 Å². The second kappa shape index (κ2) is 19.4. The average molecular weight is 1020 g/mol. The van der Waals surface area contributed by atoms with Crippen molar-refractivity contribution in [3.63, 3.8) is 0 Å². The summed E-state index contributed by atoms with van der Waals surface area (Å²) in [6.45, 7) is 4.93. The molecule has 4 aliphatic carbocycles. The molecular formula is C74H63N5. The molecule has 79 heavy (non-hydrogen) atoms. The molecule has 7 atom stereocenters. The quantitative estimate of drug-likeness (QED) is 0.145. The molecule has 2 bridgehead atoms. The van der Waals surface area contributed by atoms with Crippen LogP contribution in [-0.4, -0.2) is 31.6 Å². The van der Waals surface area contributed by atoms with Crippen LogP contribution in [0.4, 0.5) is 5.69 Å². The van der Waals surface area contributed by atoms with Gasteiger partial charge in [-0.1, -0.05) is 202 Å². The summed E-state index contributed by atoms with van der Waals surface area (Å²) >= 11 is 0. The van der Waals surface area contributed by atoms with E-state index >= 15 is 0 Å². The summed E-state index contributed by atoms with van der Waals surface area (Å²) in [7, 11) is 0. The molecule has 2 aromatic heterocycles. The first-order valence-corrected chi connectivity index (χ1v) is 28.8. The van der Waals surface area contributed by atoms with Gasteiger partial charge in [0.05, 0.1) is 28.8 Å². The number of rotatable bonds is 9. The Morgan fingerprint density at radius 1 is 0.506 bits per heavy atom. The van der Waals surface area contributed by atoms with E-state index in [1.54, 1.807) is 0 Å². The predicted molar refractivity (Wildman–Crippen MR) is 327 cm³/mol. The van der Waals surface area contributed by atoms with Gasteiger partial charge in [0.15, 0.2) is 11.6 Å². The third kappa shape index (κ3) is 8.32. The maximum atomic E-state index is 5.86. The number of hydrogen-bond acceptors (Lipinski definition) is 4. The molecule has 2 saturated carbocycles. The van der Waals surface area contributed by atoms with Crippen molar-refractivity contribution in [3.8, 4) is 50.5 Å². The van der Waals surface area contributed by atoms with Crippen molar-refractivity contribution in [2.24, 2.45) is 17.8 Å². The van der Waals surface area contributed by atoms with E-state index in [1.165, 1.54) is 79.4 Å². The minimum absolute atomic E-state index is 0.0215. The fourth-order valence-electron chi connectivity index (χ4n) is 15.1. The van der Waals surface area contributed by atoms with Gasteiger partial charge in [-0.05, 0) is 155 Å². The summed E-state index contributed by atoms with van der Waals surface area (Å²) in [5.74, 6) is 4.52. The van der Waals surface area contributed by atoms with Crippen molar-refractivity contribution in [3.05, 3.63) is 259 Å². The summed E-state index contributed by atoms with van der Waals surface area (Å²) < 4.78 is 2.47. The van der Waals surface area contributed by atoms with Gasteiger partial charge in [0.1, 0.15) is 5.82 Å². The number of allylic oxidation sites excluding steroid dienone is 4. The number of benzene rings is 8. The summed E-state index contributed by atoms with van der Waals surface area (Å²) in [5, 5.41) is 2.42. The monoisotopic (exact) mass is 1020 g/mol. The maximum Gasteiger partial charge on any atom is 0.165 e. The van der Waals surface area contributed by atoms with Gasteiger partial charge in [0.25, 0.3) is 0 Å². The first kappa shape index (κ1) is 47.5. The Hall–Kier alpha value is -8.67. The van der Waals surface area contributed by atoms with Gasteiger partial charge in [-0.15, -0.1) is 0 Å². The fraction of sp³-hybridized carbons (Fsp3) is 0.203. The van der Waals surface area contributed by atoms with Crippen molar-refractivity contribution < 1.29 is 0 Å². The number of anilines is 1. The lowest BCUT2D eigenvalue weighted by molar-refractivity contribution is 0.0718. The van der Waals surface area contributed by atoms with Gasteiger partial charge in [-0.25, -0.2) is 15.0 Å². The summed E-state index contributed by atoms with van der Waals surface area (Å²) in [4.78, 5) is 20.2. The lowest BCUT2D eigenvalue weighted by atomic mass is 9.56. The molecular weight excluding hydrogens is 959 g/mol. The van der Waals surface area contributed by atoms with E-state index in [9.17, 15) is 0 Å². The molecule has 4 unspecified atom stereocenters. The van der Waals surface area contributed by atoms with Crippen LogP contribution in [0.15, 0.2) is 237 Å². The van der Waals surface area contributed by atoms with Crippen molar-refractivity contribution in [2.75, 3.05) is 4.90 Å². The summed E-state index contributed by atoms with van der Waals surface area (Å²) in [6.07, 6.45) is 21.0. The topological polar surface area (TPSA) is 46.8 Å². The highest BCUT2D eigenvalue weighted by molar-refractivity contribution is 6.12. The molecule has 2 fully saturated rings. The molecule has 3 heterocycles. The van der Waals surface area contributed by atoms with Crippen LogP contribution in [0.5, 0.6) is 0 Å². The number of hydrogen-bond donors (Lipinski definition) is 0. The van der Waals surface area contributed by atoms with E-state index in [0.717, 1.165) is 71.0 Å². The van der Waals surface area contributed by atoms with Gasteiger partial charge in [0.2, 0.25) is 0 Å². The minimum atomic E-state index is -0.139. The Morgan fingerprint density at radius 3 is 1.70 bits per heavy atom. The first-order valence-electron chi connectivity index (χ1n) is 28.8. The molecule has 0 radical (unpaired) electrons. The molecule has 8 aromatic carbocycles. The van der Waals surface area contributed by atoms with E-state index in [1.807, 2.05) is 0 Å². The minimum Gasteiger partial charge on any atom is -0.356 e. The molecule has 5 aliphatic rings. The van der Waals surface area contributed by atoms with Crippen molar-refractivity contribution in [1.29, 1.82) is 0 Å². The number of fused-ring (bicyclic) bond motifs is 8. The van der Waals surface area contributed by atoms with Crippen LogP contribution in [0.2, 0.25) is 0 Å². The number of aromatic nitrogens is 4. The highest BCUT2D eigenvalue weighted by Crippen LogP contribution is 2.55. The zero-order valence-corrected chi connectivity index (χ0v) is 45.0. The highest BCUT2D eigenvalue weighted by Gasteiger charge is 2.48. The normalized spacial score (nSPS) is 23.1. The second-order valence-electron chi connectivity index (χ2n) is 23.5. The lowest BCUT2D eigenvalue weighted by Gasteiger charge is -2.49. The Balaban J connectivity index is 0.911. The van der Waals surface area contributed by atoms with Crippen molar-refractivity contribution >= 4 is 38.6 Å². The van der Waals surface area contributed by atoms with E-state index in [0.29, 0.717) is 17.8 Å². The van der Waals surface area contributed by atoms with Gasteiger partial charge in [-0.2, -0.15) is 0 Å². The molecule has 15 rings (SSSR count). The number of para-hydroxylation sites is 1. The second-order valence-corrected chi connectivity index (χ2v) is 23.5. The molecule has 1 aliphatic heterocycles. The van der Waals surface area contributed by atoms with Gasteiger partial charge in [-0.3, -0.25) is 0 Å². The zero-order valence-electron chi connectivity index (χ0n) is 45.0. The smallest absolute Gasteiger partial charge is 0.165 e. The Bertz CT molecular complexity index is 3980. The molecule has 0 spiro atoms. The van der Waals surface area contributed by atoms with Crippen LogP contribution >= 0.6 is 0 Å². The third-order valence-corrected chi connectivity index (χ3v) is 18.2. The van der Waals surface area contributed by atoms with Crippen molar-refractivity contribution in [1.82, 2.24) is 19.5 Å². The van der Waals surface area contributed by atoms with E-state index in [2.05, 4.69) is 260 Å². The fourth-order valence-corrected chi connectivity index (χ4v) is 15.1. The SMILES string of the molecule is C[C@@H]1C[C@@H]2C[C@H](C)CC(c3nc(C4=CC=CCC4N4c5ccc(-c6ccccc6)cc5C5C=C(c6ccccc6)C=CC54)nc(-c4ccccc4-n4c5ccc(-c6ccccc6)cc5c5cc(-c6ccccc6)ccc54)n3)(C1)C2. The van der Waals surface area contributed by atoms with Crippen LogP contribution in [0.1, 0.15) is 81.1 Å². The zero-order chi connectivity index (χ0) is 52.6. The van der Waals surface area contributed by atoms with Gasteiger partial charge >= 0.3 is 0 Å². The molecule has 5 nitrogen and oxygen atoms in total. The summed E-state index contributed by atoms with van der Waals surface area (Å²) in [6, 6.07) is 73.3. The Labute approximate surface area is 464 Å². The molecule has 0 saturated heterocycles. The van der Waals surface area contributed by atoms with E-state index in [4.69, 9.17) is 15.0 Å². The molecule has 10 aromatic rings. The van der Waals surface area contributed by atoms with Gasteiger partial charge < -0.3 is 9.47 Å². The molecule has 384 valence electrons. The molecule has 5 heteroatoms. The standard InChI is InChI=1S/C74H63N5/c1-48-39-50-40-49(2)46-74(45-48,47-50)73-76-71(59-27-15-17-29-65(59)78-67-35-31-55(51-19-7-3-8-20-51)41-61(67)62-42-56(32-36-68(62)78)52-21-9-4-10-22-52)75-72(77-73)60-28-16-18-30-66(60)79-69-37-33-57(53-23-11-5-12-24-53)43-63(69)64-44-58(34-38-70(64)79)54-25-13-6-14-26-54/h3-29,31-38,41-44,48-50,63,66,69H,30,39-40,45-47H2,1-2H3/t48-,49+,50-,63?,66?,69?,74?. The number of nitrogens with zero attached hydrogens (tertiary/aromatic N) is 5. The lowest BCUT2D eigenvalue weighted by Crippen LogP contribution is -2.44. The van der Waals surface area contributed by atoms with Crippen LogP contribution in [0.3, 0.4) is 0 Å². The average Bonchev–Trinajstić information content (AvgIpc) is 4.06. The summed E-state index contributed by atoms with van der Waals surface area (Å²) in [5.41, 5.74) is 17.8. The molecule has 0 amide bonds. The Kier molecular flexibility index (Phi) is 11.6. The maximum absolute atomic E-state index is 5.86. The largest absolute Gasteiger partial charge is 0.356 e. The predicted octanol–water partition coefficient (Wildman–Crippen LogP) is 18.1. The first-order chi connectivity index (χ1) is 38.9. The van der Waals surface area contributed by atoms with Crippen LogP contribution in [0, 0.1) is 17.8 Å². The van der Waals surface area contributed by atoms with Gasteiger partial charge in [0, 0.05) is 38.9 Å². The van der Waals surface area contributed by atoms with E-state index < -0.39 is 0 Å². The highest BCUT2D eigenvalue weighted by atomic mass is 15.2. The third-order valence-electron chi connectivity index (χ3n) is 18.2. The van der Waals surface area contributed by atoms with Crippen LogP contribution in [0.25, 0.3) is 83.4 Å².